The average molecular weight is 445 g/mol. The van der Waals surface area contributed by atoms with Gasteiger partial charge in [0.15, 0.2) is 0 Å². The summed E-state index contributed by atoms with van der Waals surface area (Å²) >= 11 is 0. The Morgan fingerprint density at radius 2 is 2.09 bits per heavy atom. The minimum absolute atomic E-state index is 0.0827. The Morgan fingerprint density at radius 3 is 2.81 bits per heavy atom. The molecule has 0 aliphatic carbocycles. The summed E-state index contributed by atoms with van der Waals surface area (Å²) in [5, 5.41) is 0. The van der Waals surface area contributed by atoms with E-state index in [1.807, 2.05) is 6.07 Å². The largest absolute Gasteiger partial charge is 0.435 e. The van der Waals surface area contributed by atoms with Gasteiger partial charge in [0.25, 0.3) is 11.8 Å². The van der Waals surface area contributed by atoms with Gasteiger partial charge in [-0.3, -0.25) is 9.59 Å². The van der Waals surface area contributed by atoms with Crippen molar-refractivity contribution in [3.63, 3.8) is 0 Å². The fraction of sp³-hybridized carbons (Fsp3) is 0.391. The molecule has 2 amide bonds. The van der Waals surface area contributed by atoms with Crippen LogP contribution in [0, 0.1) is 0 Å². The number of carbonyl (C=O) groups excluding carboxylic acids is 2. The number of benzene rings is 1. The molecule has 1 aromatic heterocycles. The van der Waals surface area contributed by atoms with Crippen molar-refractivity contribution < 1.29 is 27.8 Å². The molecule has 3 heterocycles. The summed E-state index contributed by atoms with van der Waals surface area (Å²) in [6.07, 6.45) is 4.05. The monoisotopic (exact) mass is 445 g/mol. The van der Waals surface area contributed by atoms with Gasteiger partial charge < -0.3 is 24.3 Å². The van der Waals surface area contributed by atoms with Crippen LogP contribution >= 0.6 is 0 Å². The summed E-state index contributed by atoms with van der Waals surface area (Å²) in [6, 6.07) is 6.38. The number of rotatable bonds is 7. The van der Waals surface area contributed by atoms with Gasteiger partial charge in [0.05, 0.1) is 13.2 Å². The number of nitrogens with one attached hydrogen (secondary N) is 1. The number of alkyl halides is 2. The number of nitrogens with zero attached hydrogens (tertiary/aromatic N) is 2. The van der Waals surface area contributed by atoms with E-state index >= 15 is 0 Å². The molecule has 1 saturated heterocycles. The van der Waals surface area contributed by atoms with Crippen LogP contribution in [-0.4, -0.2) is 72.6 Å². The molecule has 1 N–H and O–H groups in total. The number of ether oxygens (including phenoxy) is 2. The molecule has 1 fully saturated rings. The van der Waals surface area contributed by atoms with E-state index in [1.54, 1.807) is 28.1 Å². The first-order valence-electron chi connectivity index (χ1n) is 10.5. The van der Waals surface area contributed by atoms with E-state index in [4.69, 9.17) is 4.74 Å². The Balaban J connectivity index is 1.72. The van der Waals surface area contributed by atoms with Gasteiger partial charge in [-0.2, -0.15) is 8.78 Å². The number of amides is 2. The number of morpholine rings is 1. The third-order valence-electron chi connectivity index (χ3n) is 5.76. The van der Waals surface area contributed by atoms with E-state index in [-0.39, 0.29) is 29.0 Å². The number of hydrogen-bond acceptors (Lipinski definition) is 4. The summed E-state index contributed by atoms with van der Waals surface area (Å²) < 4.78 is 36.0. The fourth-order valence-electron chi connectivity index (χ4n) is 4.21. The van der Waals surface area contributed by atoms with Gasteiger partial charge in [-0.05, 0) is 41.8 Å². The predicted octanol–water partition coefficient (Wildman–Crippen LogP) is 3.25. The Hall–Kier alpha value is -3.20. The highest BCUT2D eigenvalue weighted by Crippen LogP contribution is 2.36. The molecular formula is C23H25F2N3O4. The Bertz CT molecular complexity index is 1000. The Kier molecular flexibility index (Phi) is 6.55. The van der Waals surface area contributed by atoms with Crippen molar-refractivity contribution in [3.8, 4) is 5.75 Å². The van der Waals surface area contributed by atoms with Crippen molar-refractivity contribution in [1.29, 1.82) is 0 Å². The second kappa shape index (κ2) is 9.52. The van der Waals surface area contributed by atoms with Crippen molar-refractivity contribution in [2.45, 2.75) is 19.0 Å². The van der Waals surface area contributed by atoms with Crippen LogP contribution in [-0.2, 0) is 4.74 Å². The van der Waals surface area contributed by atoms with Gasteiger partial charge >= 0.3 is 6.61 Å². The number of carbonyl (C=O) groups is 2. The summed E-state index contributed by atoms with van der Waals surface area (Å²) in [5.74, 6) is -0.761. The maximum absolute atomic E-state index is 13.1. The quantitative estimate of drug-likeness (QED) is 0.664. The summed E-state index contributed by atoms with van der Waals surface area (Å²) in [4.78, 5) is 32.2. The molecule has 0 bridgehead atoms. The molecule has 0 radical (unpaired) electrons. The first-order chi connectivity index (χ1) is 15.5. The van der Waals surface area contributed by atoms with Gasteiger partial charge in [-0.1, -0.05) is 6.08 Å². The van der Waals surface area contributed by atoms with E-state index < -0.39 is 6.61 Å². The lowest BCUT2D eigenvalue weighted by Gasteiger charge is -2.33. The van der Waals surface area contributed by atoms with Crippen molar-refractivity contribution in [2.24, 2.45) is 0 Å². The molecule has 170 valence electrons. The second-order valence-corrected chi connectivity index (χ2v) is 7.76. The standard InChI is InChI=1S/C23H25F2N3O4/c1-2-3-6-28-14-19(18-4-5-26-20(18)22(28)30)15-11-16(13-17(12-15)32-23(24)25)21(29)27-7-9-31-10-8-27/h2,4-5,11-13,19,23,26H,1,3,6-10,14H2. The zero-order valence-electron chi connectivity index (χ0n) is 17.6. The minimum atomic E-state index is -3.02. The SMILES string of the molecule is C=CCCN1CC(c2cc(OC(F)F)cc(C(=O)N3CCOCC3)c2)c2cc[nH]c2C1=O. The molecule has 1 atom stereocenters. The van der Waals surface area contributed by atoms with Gasteiger partial charge in [-0.15, -0.1) is 6.58 Å². The normalized spacial score (nSPS) is 18.6. The highest BCUT2D eigenvalue weighted by molar-refractivity contribution is 5.96. The van der Waals surface area contributed by atoms with Gasteiger partial charge in [0.2, 0.25) is 0 Å². The molecule has 1 unspecified atom stereocenters. The van der Waals surface area contributed by atoms with E-state index in [0.29, 0.717) is 57.1 Å². The van der Waals surface area contributed by atoms with Gasteiger partial charge in [0.1, 0.15) is 11.4 Å². The Labute approximate surface area is 184 Å². The highest BCUT2D eigenvalue weighted by atomic mass is 19.3. The van der Waals surface area contributed by atoms with Crippen molar-refractivity contribution in [3.05, 3.63) is 65.5 Å². The van der Waals surface area contributed by atoms with Crippen LogP contribution in [0.3, 0.4) is 0 Å². The van der Waals surface area contributed by atoms with E-state index in [1.165, 1.54) is 12.1 Å². The maximum atomic E-state index is 13.1. The van der Waals surface area contributed by atoms with Crippen molar-refractivity contribution in [1.82, 2.24) is 14.8 Å². The topological polar surface area (TPSA) is 74.9 Å². The van der Waals surface area contributed by atoms with Crippen LogP contribution in [0.4, 0.5) is 8.78 Å². The van der Waals surface area contributed by atoms with Gasteiger partial charge in [0, 0.05) is 43.9 Å². The molecule has 2 aromatic rings. The summed E-state index contributed by atoms with van der Waals surface area (Å²) in [5.41, 5.74) is 2.14. The molecule has 7 nitrogen and oxygen atoms in total. The fourth-order valence-corrected chi connectivity index (χ4v) is 4.21. The number of aromatic nitrogens is 1. The summed E-state index contributed by atoms with van der Waals surface area (Å²) in [7, 11) is 0. The lowest BCUT2D eigenvalue weighted by molar-refractivity contribution is -0.0499. The van der Waals surface area contributed by atoms with Crippen LogP contribution in [0.1, 0.15) is 44.3 Å². The van der Waals surface area contributed by atoms with E-state index in [2.05, 4.69) is 16.3 Å². The molecule has 0 saturated carbocycles. The van der Waals surface area contributed by atoms with Crippen LogP contribution in [0.15, 0.2) is 43.1 Å². The van der Waals surface area contributed by atoms with Crippen LogP contribution in [0.5, 0.6) is 5.75 Å². The molecule has 2 aliphatic heterocycles. The van der Waals surface area contributed by atoms with Crippen LogP contribution < -0.4 is 4.74 Å². The predicted molar refractivity (Wildman–Crippen MR) is 113 cm³/mol. The third kappa shape index (κ3) is 4.52. The van der Waals surface area contributed by atoms with Crippen LogP contribution in [0.2, 0.25) is 0 Å². The van der Waals surface area contributed by atoms with E-state index in [9.17, 15) is 18.4 Å². The number of fused-ring (bicyclic) bond motifs is 1. The van der Waals surface area contributed by atoms with Crippen molar-refractivity contribution >= 4 is 11.8 Å². The summed E-state index contributed by atoms with van der Waals surface area (Å²) in [6.45, 7) is 3.28. The van der Waals surface area contributed by atoms with Crippen molar-refractivity contribution in [2.75, 3.05) is 39.4 Å². The molecule has 0 spiro atoms. The highest BCUT2D eigenvalue weighted by Gasteiger charge is 2.34. The first-order valence-corrected chi connectivity index (χ1v) is 10.5. The number of hydrogen-bond donors (Lipinski definition) is 1. The lowest BCUT2D eigenvalue weighted by atomic mass is 9.86. The molecule has 2 aliphatic rings. The number of H-pyrrole nitrogens is 1. The zero-order valence-corrected chi connectivity index (χ0v) is 17.6. The number of aromatic amines is 1. The zero-order chi connectivity index (χ0) is 22.7. The molecule has 9 heteroatoms. The lowest BCUT2D eigenvalue weighted by Crippen LogP contribution is -2.41. The average Bonchev–Trinajstić information content (AvgIpc) is 3.28. The first kappa shape index (κ1) is 22.0. The molecule has 1 aromatic carbocycles. The Morgan fingerprint density at radius 1 is 1.31 bits per heavy atom. The van der Waals surface area contributed by atoms with Crippen LogP contribution in [0.25, 0.3) is 0 Å². The van der Waals surface area contributed by atoms with Gasteiger partial charge in [-0.25, -0.2) is 0 Å². The third-order valence-corrected chi connectivity index (χ3v) is 5.76. The molecule has 4 rings (SSSR count). The molecule has 32 heavy (non-hydrogen) atoms. The number of halogens is 2. The maximum Gasteiger partial charge on any atom is 0.387 e. The molecular weight excluding hydrogens is 420 g/mol. The smallest absolute Gasteiger partial charge is 0.387 e. The minimum Gasteiger partial charge on any atom is -0.435 e. The van der Waals surface area contributed by atoms with E-state index in [0.717, 1.165) is 5.56 Å². The second-order valence-electron chi connectivity index (χ2n) is 7.76.